The van der Waals surface area contributed by atoms with Gasteiger partial charge in [-0.1, -0.05) is 47.5 Å². The fraction of sp³-hybridized carbons (Fsp3) is 0.941. The predicted molar refractivity (Wildman–Crippen MR) is 83.7 cm³/mol. The first-order valence-electron chi connectivity index (χ1n) is 8.45. The molecule has 0 bridgehead atoms. The van der Waals surface area contributed by atoms with Crippen molar-refractivity contribution in [2.24, 2.45) is 17.8 Å². The largest absolute Gasteiger partial charge is 0.446 e. The molecule has 3 nitrogen and oxygen atoms in total. The highest BCUT2D eigenvalue weighted by Crippen LogP contribution is 2.35. The lowest BCUT2D eigenvalue weighted by Crippen LogP contribution is -2.41. The van der Waals surface area contributed by atoms with Crippen LogP contribution in [0.15, 0.2) is 0 Å². The zero-order chi connectivity index (χ0) is 15.1. The first-order valence-corrected chi connectivity index (χ1v) is 8.45. The smallest absolute Gasteiger partial charge is 0.407 e. The van der Waals surface area contributed by atoms with Crippen LogP contribution in [0.2, 0.25) is 0 Å². The van der Waals surface area contributed by atoms with Gasteiger partial charge in [0.05, 0.1) is 0 Å². The molecule has 0 aromatic heterocycles. The van der Waals surface area contributed by atoms with E-state index >= 15 is 0 Å². The molecular formula is C17H33NO2. The third-order valence-corrected chi connectivity index (χ3v) is 4.67. The number of carbonyl (C=O) groups excluding carboxylic acids is 1. The summed E-state index contributed by atoms with van der Waals surface area (Å²) in [5, 5.41) is 3.03. The van der Waals surface area contributed by atoms with E-state index in [-0.39, 0.29) is 18.2 Å². The summed E-state index contributed by atoms with van der Waals surface area (Å²) < 4.78 is 5.76. The van der Waals surface area contributed by atoms with Gasteiger partial charge in [-0.25, -0.2) is 4.79 Å². The second kappa shape index (κ2) is 8.53. The highest BCUT2D eigenvalue weighted by molar-refractivity contribution is 5.67. The monoisotopic (exact) mass is 283 g/mol. The number of amides is 1. The molecule has 0 radical (unpaired) electrons. The maximum atomic E-state index is 12.1. The highest BCUT2D eigenvalue weighted by Gasteiger charge is 2.33. The predicted octanol–water partition coefficient (Wildman–Crippen LogP) is 4.75. The van der Waals surface area contributed by atoms with Gasteiger partial charge in [-0.05, 0) is 43.4 Å². The van der Waals surface area contributed by atoms with Crippen molar-refractivity contribution in [3.05, 3.63) is 0 Å². The zero-order valence-corrected chi connectivity index (χ0v) is 13.9. The summed E-state index contributed by atoms with van der Waals surface area (Å²) >= 11 is 0. The summed E-state index contributed by atoms with van der Waals surface area (Å²) in [6.07, 6.45) is 6.43. The molecule has 1 amide bonds. The van der Waals surface area contributed by atoms with E-state index in [0.717, 1.165) is 25.7 Å². The molecule has 1 aliphatic rings. The Bertz CT molecular complexity index is 291. The summed E-state index contributed by atoms with van der Waals surface area (Å²) in [4.78, 5) is 12.1. The number of alkyl carbamates (subject to hydrolysis) is 1. The molecule has 20 heavy (non-hydrogen) atoms. The Morgan fingerprint density at radius 3 is 2.55 bits per heavy atom. The molecular weight excluding hydrogens is 250 g/mol. The molecule has 1 aliphatic carbocycles. The molecule has 0 aromatic rings. The molecule has 3 heteroatoms. The number of hydrogen-bond donors (Lipinski definition) is 1. The van der Waals surface area contributed by atoms with Crippen LogP contribution >= 0.6 is 0 Å². The Balaban J connectivity index is 2.52. The van der Waals surface area contributed by atoms with E-state index in [1.165, 1.54) is 12.8 Å². The lowest BCUT2D eigenvalue weighted by atomic mass is 9.75. The number of hydrogen-bond acceptors (Lipinski definition) is 2. The standard InChI is InChI=1S/C17H33NO2/c1-6-8-14(7-2)18-17(19)20-16-11-13(5)9-10-15(16)12(3)4/h12-16H,6-11H2,1-5H3,(H,18,19)/t13-,14?,15+,16-/m1/s1. The van der Waals surface area contributed by atoms with E-state index < -0.39 is 0 Å². The average molecular weight is 283 g/mol. The second-order valence-corrected chi connectivity index (χ2v) is 6.81. The van der Waals surface area contributed by atoms with Crippen LogP contribution < -0.4 is 5.32 Å². The summed E-state index contributed by atoms with van der Waals surface area (Å²) in [6.45, 7) is 11.0. The quantitative estimate of drug-likeness (QED) is 0.763. The minimum atomic E-state index is -0.213. The van der Waals surface area contributed by atoms with Gasteiger partial charge in [-0.3, -0.25) is 0 Å². The van der Waals surface area contributed by atoms with E-state index in [2.05, 4.69) is 39.9 Å². The summed E-state index contributed by atoms with van der Waals surface area (Å²) in [7, 11) is 0. The minimum Gasteiger partial charge on any atom is -0.446 e. The molecule has 0 aliphatic heterocycles. The molecule has 0 saturated heterocycles. The van der Waals surface area contributed by atoms with Crippen molar-refractivity contribution < 1.29 is 9.53 Å². The molecule has 118 valence electrons. The van der Waals surface area contributed by atoms with Crippen LogP contribution in [0.3, 0.4) is 0 Å². The van der Waals surface area contributed by atoms with Gasteiger partial charge in [0.25, 0.3) is 0 Å². The van der Waals surface area contributed by atoms with E-state index in [9.17, 15) is 4.79 Å². The minimum absolute atomic E-state index is 0.0953. The van der Waals surface area contributed by atoms with Gasteiger partial charge in [0.15, 0.2) is 0 Å². The number of rotatable bonds is 6. The van der Waals surface area contributed by atoms with Crippen molar-refractivity contribution in [2.75, 3.05) is 0 Å². The van der Waals surface area contributed by atoms with Crippen molar-refractivity contribution in [2.45, 2.75) is 85.3 Å². The lowest BCUT2D eigenvalue weighted by molar-refractivity contribution is 0.00480. The molecule has 1 unspecified atom stereocenters. The first kappa shape index (κ1) is 17.3. The Morgan fingerprint density at radius 2 is 2.00 bits per heavy atom. The number of carbonyl (C=O) groups is 1. The third-order valence-electron chi connectivity index (χ3n) is 4.67. The average Bonchev–Trinajstić information content (AvgIpc) is 2.37. The normalized spacial score (nSPS) is 28.2. The van der Waals surface area contributed by atoms with Gasteiger partial charge < -0.3 is 10.1 Å². The first-order chi connectivity index (χ1) is 9.47. The van der Waals surface area contributed by atoms with Crippen molar-refractivity contribution in [3.63, 3.8) is 0 Å². The molecule has 1 rings (SSSR count). The van der Waals surface area contributed by atoms with Gasteiger partial charge in [0.2, 0.25) is 0 Å². The van der Waals surface area contributed by atoms with Crippen LogP contribution in [-0.2, 0) is 4.74 Å². The van der Waals surface area contributed by atoms with Crippen molar-refractivity contribution in [1.29, 1.82) is 0 Å². The fourth-order valence-electron chi connectivity index (χ4n) is 3.32. The van der Waals surface area contributed by atoms with Crippen LogP contribution in [0.1, 0.15) is 73.1 Å². The fourth-order valence-corrected chi connectivity index (χ4v) is 3.32. The molecule has 0 spiro atoms. The molecule has 0 heterocycles. The summed E-state index contributed by atoms with van der Waals surface area (Å²) in [6, 6.07) is 0.256. The summed E-state index contributed by atoms with van der Waals surface area (Å²) in [5.74, 6) is 1.77. The Morgan fingerprint density at radius 1 is 1.30 bits per heavy atom. The molecule has 4 atom stereocenters. The van der Waals surface area contributed by atoms with Crippen molar-refractivity contribution in [1.82, 2.24) is 5.32 Å². The zero-order valence-electron chi connectivity index (χ0n) is 13.9. The molecule has 1 fully saturated rings. The Hall–Kier alpha value is -0.730. The summed E-state index contributed by atoms with van der Waals surface area (Å²) in [5.41, 5.74) is 0. The third kappa shape index (κ3) is 5.34. The van der Waals surface area contributed by atoms with E-state index in [4.69, 9.17) is 4.74 Å². The Kier molecular flexibility index (Phi) is 7.39. The van der Waals surface area contributed by atoms with Gasteiger partial charge in [0.1, 0.15) is 6.10 Å². The van der Waals surface area contributed by atoms with E-state index in [1.54, 1.807) is 0 Å². The van der Waals surface area contributed by atoms with Crippen LogP contribution in [0.5, 0.6) is 0 Å². The highest BCUT2D eigenvalue weighted by atomic mass is 16.6. The maximum absolute atomic E-state index is 12.1. The lowest BCUT2D eigenvalue weighted by Gasteiger charge is -2.36. The van der Waals surface area contributed by atoms with Gasteiger partial charge in [-0.2, -0.15) is 0 Å². The topological polar surface area (TPSA) is 38.3 Å². The second-order valence-electron chi connectivity index (χ2n) is 6.81. The van der Waals surface area contributed by atoms with Crippen LogP contribution in [0.25, 0.3) is 0 Å². The number of ether oxygens (including phenoxy) is 1. The van der Waals surface area contributed by atoms with Crippen LogP contribution in [0.4, 0.5) is 4.79 Å². The van der Waals surface area contributed by atoms with Gasteiger partial charge >= 0.3 is 6.09 Å². The molecule has 0 aromatic carbocycles. The molecule has 1 saturated carbocycles. The maximum Gasteiger partial charge on any atom is 0.407 e. The van der Waals surface area contributed by atoms with Crippen molar-refractivity contribution >= 4 is 6.09 Å². The van der Waals surface area contributed by atoms with E-state index in [0.29, 0.717) is 17.8 Å². The van der Waals surface area contributed by atoms with Gasteiger partial charge in [0, 0.05) is 6.04 Å². The molecule has 1 N–H and O–H groups in total. The van der Waals surface area contributed by atoms with E-state index in [1.807, 2.05) is 0 Å². The Labute approximate surface area is 124 Å². The van der Waals surface area contributed by atoms with Gasteiger partial charge in [-0.15, -0.1) is 0 Å². The van der Waals surface area contributed by atoms with Crippen LogP contribution in [-0.4, -0.2) is 18.2 Å². The van der Waals surface area contributed by atoms with Crippen molar-refractivity contribution in [3.8, 4) is 0 Å². The number of nitrogens with one attached hydrogen (secondary N) is 1. The van der Waals surface area contributed by atoms with Crippen LogP contribution in [0, 0.1) is 17.8 Å². The SMILES string of the molecule is CCCC(CC)NC(=O)O[C@@H]1C[C@H](C)CC[C@H]1C(C)C.